The molecule has 1 aromatic rings. The Bertz CT molecular complexity index is 368. The molecule has 0 aliphatic rings. The molecule has 0 saturated carbocycles. The molecule has 1 unspecified atom stereocenters. The summed E-state index contributed by atoms with van der Waals surface area (Å²) in [6.45, 7) is 2.42. The van der Waals surface area contributed by atoms with Crippen LogP contribution in [0.15, 0.2) is 24.3 Å². The second-order valence-electron chi connectivity index (χ2n) is 4.21. The number of nitrogens with one attached hydrogen (secondary N) is 1. The Morgan fingerprint density at radius 2 is 1.94 bits per heavy atom. The lowest BCUT2D eigenvalue weighted by molar-refractivity contribution is -0.130. The minimum atomic E-state index is 0. The third-order valence-corrected chi connectivity index (χ3v) is 3.08. The number of amides is 1. The lowest BCUT2D eigenvalue weighted by Gasteiger charge is -2.25. The van der Waals surface area contributed by atoms with Gasteiger partial charge in [-0.05, 0) is 38.1 Å². The molecule has 0 aliphatic carbocycles. The Morgan fingerprint density at radius 3 is 2.44 bits per heavy atom. The van der Waals surface area contributed by atoms with Crippen molar-refractivity contribution in [1.29, 1.82) is 0 Å². The van der Waals surface area contributed by atoms with Gasteiger partial charge in [-0.3, -0.25) is 4.79 Å². The van der Waals surface area contributed by atoms with Crippen molar-refractivity contribution in [2.75, 3.05) is 20.6 Å². The molecule has 3 nitrogen and oxygen atoms in total. The van der Waals surface area contributed by atoms with Crippen molar-refractivity contribution >= 4 is 29.9 Å². The fourth-order valence-corrected chi connectivity index (χ4v) is 1.75. The maximum absolute atomic E-state index is 11.7. The van der Waals surface area contributed by atoms with Crippen LogP contribution in [0.2, 0.25) is 5.02 Å². The summed E-state index contributed by atoms with van der Waals surface area (Å²) in [5.41, 5.74) is 1.19. The Labute approximate surface area is 120 Å². The molecule has 102 valence electrons. The number of hydrogen-bond donors (Lipinski definition) is 1. The molecule has 1 rings (SSSR count). The first-order valence-electron chi connectivity index (χ1n) is 5.69. The largest absolute Gasteiger partial charge is 0.342 e. The average Bonchev–Trinajstić information content (AvgIpc) is 2.31. The number of nitrogens with zero attached hydrogens (tertiary/aromatic N) is 1. The minimum absolute atomic E-state index is 0. The van der Waals surface area contributed by atoms with Crippen LogP contribution in [0.1, 0.15) is 12.5 Å². The van der Waals surface area contributed by atoms with Crippen molar-refractivity contribution in [2.24, 2.45) is 0 Å². The van der Waals surface area contributed by atoms with Gasteiger partial charge < -0.3 is 10.2 Å². The quantitative estimate of drug-likeness (QED) is 0.903. The molecule has 0 saturated heterocycles. The van der Waals surface area contributed by atoms with Crippen LogP contribution in [0.5, 0.6) is 0 Å². The summed E-state index contributed by atoms with van der Waals surface area (Å²) in [5.74, 6) is 0.106. The van der Waals surface area contributed by atoms with Crippen LogP contribution in [-0.2, 0) is 11.2 Å². The molecule has 1 N–H and O–H groups in total. The van der Waals surface area contributed by atoms with Gasteiger partial charge in [0.25, 0.3) is 0 Å². The Kier molecular flexibility index (Phi) is 8.00. The molecular formula is C13H20Cl2N2O. The maximum Gasteiger partial charge on any atom is 0.236 e. The first-order valence-corrected chi connectivity index (χ1v) is 6.07. The van der Waals surface area contributed by atoms with Gasteiger partial charge in [-0.1, -0.05) is 23.7 Å². The van der Waals surface area contributed by atoms with Gasteiger partial charge in [0.1, 0.15) is 0 Å². The van der Waals surface area contributed by atoms with Gasteiger partial charge in [-0.2, -0.15) is 0 Å². The highest BCUT2D eigenvalue weighted by Crippen LogP contribution is 2.12. The van der Waals surface area contributed by atoms with Gasteiger partial charge >= 0.3 is 0 Å². The predicted octanol–water partition coefficient (Wildman–Crippen LogP) is 2.37. The van der Waals surface area contributed by atoms with E-state index < -0.39 is 0 Å². The van der Waals surface area contributed by atoms with Gasteiger partial charge in [0, 0.05) is 18.1 Å². The molecule has 0 spiro atoms. The van der Waals surface area contributed by atoms with Gasteiger partial charge in [0.05, 0.1) is 6.54 Å². The maximum atomic E-state index is 11.7. The van der Waals surface area contributed by atoms with Crippen molar-refractivity contribution in [1.82, 2.24) is 10.2 Å². The molecule has 5 heteroatoms. The van der Waals surface area contributed by atoms with Crippen LogP contribution in [0, 0.1) is 0 Å². The zero-order valence-electron chi connectivity index (χ0n) is 10.9. The van der Waals surface area contributed by atoms with Crippen LogP contribution in [0.25, 0.3) is 0 Å². The topological polar surface area (TPSA) is 32.3 Å². The van der Waals surface area contributed by atoms with Gasteiger partial charge in [-0.25, -0.2) is 0 Å². The molecule has 1 amide bonds. The zero-order chi connectivity index (χ0) is 12.8. The second-order valence-corrected chi connectivity index (χ2v) is 4.65. The highest BCUT2D eigenvalue weighted by molar-refractivity contribution is 6.30. The van der Waals surface area contributed by atoms with E-state index in [4.69, 9.17) is 11.6 Å². The molecule has 1 atom stereocenters. The molecule has 0 aliphatic heterocycles. The van der Waals surface area contributed by atoms with E-state index in [0.29, 0.717) is 6.54 Å². The van der Waals surface area contributed by atoms with Crippen molar-refractivity contribution < 1.29 is 4.79 Å². The van der Waals surface area contributed by atoms with Crippen LogP contribution in [-0.4, -0.2) is 37.5 Å². The Balaban J connectivity index is 0.00000289. The monoisotopic (exact) mass is 290 g/mol. The number of rotatable bonds is 5. The summed E-state index contributed by atoms with van der Waals surface area (Å²) in [5, 5.41) is 3.60. The standard InChI is InChI=1S/C13H19ClN2O.ClH/c1-10(16(3)13(17)9-15-2)8-11-4-6-12(14)7-5-11;/h4-7,10,15H,8-9H2,1-3H3;1H. The number of carbonyl (C=O) groups excluding carboxylic acids is 1. The summed E-state index contributed by atoms with van der Waals surface area (Å²) >= 11 is 5.83. The summed E-state index contributed by atoms with van der Waals surface area (Å²) in [6, 6.07) is 7.92. The van der Waals surface area contributed by atoms with E-state index in [1.807, 2.05) is 38.2 Å². The number of hydrogen-bond acceptors (Lipinski definition) is 2. The van der Waals surface area contributed by atoms with E-state index in [1.54, 1.807) is 11.9 Å². The smallest absolute Gasteiger partial charge is 0.236 e. The minimum Gasteiger partial charge on any atom is -0.342 e. The molecular weight excluding hydrogens is 271 g/mol. The fraction of sp³-hybridized carbons (Fsp3) is 0.462. The summed E-state index contributed by atoms with van der Waals surface area (Å²) in [4.78, 5) is 13.4. The number of halogens is 2. The Hall–Kier alpha value is -0.770. The molecule has 0 bridgehead atoms. The third kappa shape index (κ3) is 5.25. The normalized spacial score (nSPS) is 11.6. The van der Waals surface area contributed by atoms with Crippen molar-refractivity contribution in [3.63, 3.8) is 0 Å². The average molecular weight is 291 g/mol. The van der Waals surface area contributed by atoms with E-state index in [2.05, 4.69) is 5.32 Å². The van der Waals surface area contributed by atoms with Crippen molar-refractivity contribution in [3.8, 4) is 0 Å². The number of likely N-dealkylation sites (N-methyl/N-ethyl adjacent to an activating group) is 2. The number of benzene rings is 1. The van der Waals surface area contributed by atoms with Gasteiger partial charge in [-0.15, -0.1) is 12.4 Å². The molecule has 18 heavy (non-hydrogen) atoms. The zero-order valence-corrected chi connectivity index (χ0v) is 12.5. The highest BCUT2D eigenvalue weighted by atomic mass is 35.5. The summed E-state index contributed by atoms with van der Waals surface area (Å²) < 4.78 is 0. The molecule has 0 fully saturated rings. The van der Waals surface area contributed by atoms with E-state index in [1.165, 1.54) is 5.56 Å². The lowest BCUT2D eigenvalue weighted by Crippen LogP contribution is -2.40. The summed E-state index contributed by atoms with van der Waals surface area (Å²) in [7, 11) is 3.61. The SMILES string of the molecule is CNCC(=O)N(C)C(C)Cc1ccc(Cl)cc1.Cl. The first kappa shape index (κ1) is 17.2. The van der Waals surface area contributed by atoms with Crippen LogP contribution in [0.3, 0.4) is 0 Å². The van der Waals surface area contributed by atoms with Gasteiger partial charge in [0.15, 0.2) is 0 Å². The predicted molar refractivity (Wildman–Crippen MR) is 78.6 cm³/mol. The van der Waals surface area contributed by atoms with Gasteiger partial charge in [0.2, 0.25) is 5.91 Å². The highest BCUT2D eigenvalue weighted by Gasteiger charge is 2.14. The molecule has 0 heterocycles. The second kappa shape index (κ2) is 8.35. The first-order chi connectivity index (χ1) is 8.04. The number of carbonyl (C=O) groups is 1. The Morgan fingerprint density at radius 1 is 1.39 bits per heavy atom. The van der Waals surface area contributed by atoms with Crippen LogP contribution in [0.4, 0.5) is 0 Å². The van der Waals surface area contributed by atoms with E-state index in [9.17, 15) is 4.79 Å². The third-order valence-electron chi connectivity index (χ3n) is 2.83. The van der Waals surface area contributed by atoms with Crippen molar-refractivity contribution in [3.05, 3.63) is 34.9 Å². The molecule has 0 radical (unpaired) electrons. The van der Waals surface area contributed by atoms with E-state index >= 15 is 0 Å². The molecule has 1 aromatic carbocycles. The fourth-order valence-electron chi connectivity index (χ4n) is 1.62. The van der Waals surface area contributed by atoms with Crippen LogP contribution >= 0.6 is 24.0 Å². The summed E-state index contributed by atoms with van der Waals surface area (Å²) in [6.07, 6.45) is 0.836. The van der Waals surface area contributed by atoms with Crippen molar-refractivity contribution in [2.45, 2.75) is 19.4 Å². The lowest BCUT2D eigenvalue weighted by atomic mass is 10.1. The van der Waals surface area contributed by atoms with Crippen LogP contribution < -0.4 is 5.32 Å². The van der Waals surface area contributed by atoms with E-state index in [0.717, 1.165) is 11.4 Å². The molecule has 0 aromatic heterocycles. The van der Waals surface area contributed by atoms with E-state index in [-0.39, 0.29) is 24.4 Å².